The van der Waals surface area contributed by atoms with Gasteiger partial charge in [0.1, 0.15) is 5.75 Å². The number of carbonyl (C=O) groups is 2. The first-order chi connectivity index (χ1) is 9.97. The third-order valence-electron chi connectivity index (χ3n) is 3.58. The van der Waals surface area contributed by atoms with Gasteiger partial charge in [-0.1, -0.05) is 26.7 Å². The number of benzene rings is 1. The first kappa shape index (κ1) is 17.0. The predicted molar refractivity (Wildman–Crippen MR) is 81.7 cm³/mol. The summed E-state index contributed by atoms with van der Waals surface area (Å²) in [6.45, 7) is 3.81. The van der Waals surface area contributed by atoms with Gasteiger partial charge in [-0.3, -0.25) is 4.79 Å². The van der Waals surface area contributed by atoms with Crippen LogP contribution in [0.5, 0.6) is 5.75 Å². The van der Waals surface area contributed by atoms with Gasteiger partial charge >= 0.3 is 5.97 Å². The minimum absolute atomic E-state index is 0.0860. The van der Waals surface area contributed by atoms with Crippen molar-refractivity contribution < 1.29 is 19.4 Å². The van der Waals surface area contributed by atoms with E-state index in [1.54, 1.807) is 36.2 Å². The summed E-state index contributed by atoms with van der Waals surface area (Å²) in [6, 6.07) is 6.84. The van der Waals surface area contributed by atoms with E-state index in [1.807, 2.05) is 0 Å². The number of carboxylic acid groups (broad SMARTS) is 1. The topological polar surface area (TPSA) is 66.8 Å². The Morgan fingerprint density at radius 3 is 2.24 bits per heavy atom. The highest BCUT2D eigenvalue weighted by Crippen LogP contribution is 2.21. The molecule has 0 heterocycles. The molecule has 1 N–H and O–H groups in total. The van der Waals surface area contributed by atoms with Gasteiger partial charge in [0.15, 0.2) is 6.61 Å². The zero-order valence-electron chi connectivity index (χ0n) is 12.8. The number of amides is 1. The van der Waals surface area contributed by atoms with Crippen molar-refractivity contribution in [2.75, 3.05) is 18.6 Å². The van der Waals surface area contributed by atoms with Crippen molar-refractivity contribution in [3.05, 3.63) is 24.3 Å². The molecule has 0 bridgehead atoms. The second-order valence-electron chi connectivity index (χ2n) is 5.02. The van der Waals surface area contributed by atoms with Gasteiger partial charge in [0.2, 0.25) is 5.91 Å². The number of carboxylic acids is 1. The summed E-state index contributed by atoms with van der Waals surface area (Å²) in [5, 5.41) is 8.54. The highest BCUT2D eigenvalue weighted by atomic mass is 16.5. The van der Waals surface area contributed by atoms with E-state index in [1.165, 1.54) is 0 Å². The lowest BCUT2D eigenvalue weighted by atomic mass is 9.99. The molecule has 1 rings (SSSR count). The highest BCUT2D eigenvalue weighted by molar-refractivity contribution is 5.92. The molecule has 1 amide bonds. The minimum atomic E-state index is -1.02. The molecule has 0 atom stereocenters. The van der Waals surface area contributed by atoms with Crippen LogP contribution in [0.2, 0.25) is 0 Å². The Balaban J connectivity index is 2.63. The number of hydrogen-bond donors (Lipinski definition) is 1. The molecule has 0 fully saturated rings. The smallest absolute Gasteiger partial charge is 0.341 e. The fourth-order valence-electron chi connectivity index (χ4n) is 2.02. The SMILES string of the molecule is CCC(CC)CC(=O)N(C)c1ccc(OCC(=O)O)cc1. The van der Waals surface area contributed by atoms with E-state index < -0.39 is 5.97 Å². The van der Waals surface area contributed by atoms with Crippen LogP contribution >= 0.6 is 0 Å². The van der Waals surface area contributed by atoms with Crippen molar-refractivity contribution in [3.8, 4) is 5.75 Å². The number of ether oxygens (including phenoxy) is 1. The molecule has 0 unspecified atom stereocenters. The Morgan fingerprint density at radius 1 is 1.19 bits per heavy atom. The van der Waals surface area contributed by atoms with Crippen LogP contribution in [0.3, 0.4) is 0 Å². The average Bonchev–Trinajstić information content (AvgIpc) is 2.50. The minimum Gasteiger partial charge on any atom is -0.482 e. The summed E-state index contributed by atoms with van der Waals surface area (Å²) in [5.74, 6) is -0.0421. The second kappa shape index (κ2) is 8.29. The van der Waals surface area contributed by atoms with Crippen LogP contribution < -0.4 is 9.64 Å². The van der Waals surface area contributed by atoms with Gasteiger partial charge in [-0.05, 0) is 30.2 Å². The summed E-state index contributed by atoms with van der Waals surface area (Å²) in [7, 11) is 1.75. The van der Waals surface area contributed by atoms with Crippen LogP contribution in [0.25, 0.3) is 0 Å². The Kier molecular flexibility index (Phi) is 6.72. The number of rotatable bonds is 8. The van der Waals surface area contributed by atoms with Gasteiger partial charge in [-0.25, -0.2) is 4.79 Å². The number of hydrogen-bond acceptors (Lipinski definition) is 3. The van der Waals surface area contributed by atoms with Crippen LogP contribution in [0.1, 0.15) is 33.1 Å². The van der Waals surface area contributed by atoms with Crippen molar-refractivity contribution >= 4 is 17.6 Å². The maximum Gasteiger partial charge on any atom is 0.341 e. The molecule has 21 heavy (non-hydrogen) atoms. The molecule has 0 aliphatic heterocycles. The molecular formula is C16H23NO4. The summed E-state index contributed by atoms with van der Waals surface area (Å²) in [5.41, 5.74) is 0.772. The molecule has 0 saturated carbocycles. The van der Waals surface area contributed by atoms with Gasteiger partial charge in [0.25, 0.3) is 0 Å². The van der Waals surface area contributed by atoms with Gasteiger partial charge in [0.05, 0.1) is 0 Å². The van der Waals surface area contributed by atoms with Crippen molar-refractivity contribution in [1.82, 2.24) is 0 Å². The average molecular weight is 293 g/mol. The predicted octanol–water partition coefficient (Wildman–Crippen LogP) is 2.94. The Bertz CT molecular complexity index is 466. The van der Waals surface area contributed by atoms with Crippen molar-refractivity contribution in [3.63, 3.8) is 0 Å². The summed E-state index contributed by atoms with van der Waals surface area (Å²) < 4.78 is 5.06. The summed E-state index contributed by atoms with van der Waals surface area (Å²) in [4.78, 5) is 24.2. The van der Waals surface area contributed by atoms with Gasteiger partial charge in [0, 0.05) is 19.2 Å². The molecule has 0 radical (unpaired) electrons. The van der Waals surface area contributed by atoms with Gasteiger partial charge in [-0.15, -0.1) is 0 Å². The van der Waals surface area contributed by atoms with E-state index in [4.69, 9.17) is 9.84 Å². The quantitative estimate of drug-likeness (QED) is 0.800. The van der Waals surface area contributed by atoms with E-state index >= 15 is 0 Å². The zero-order valence-corrected chi connectivity index (χ0v) is 12.8. The normalized spacial score (nSPS) is 10.5. The molecule has 5 nitrogen and oxygen atoms in total. The monoisotopic (exact) mass is 293 g/mol. The second-order valence-corrected chi connectivity index (χ2v) is 5.02. The third kappa shape index (κ3) is 5.45. The fourth-order valence-corrected chi connectivity index (χ4v) is 2.02. The van der Waals surface area contributed by atoms with E-state index in [9.17, 15) is 9.59 Å². The Labute approximate surface area is 125 Å². The lowest BCUT2D eigenvalue weighted by Gasteiger charge is -2.20. The highest BCUT2D eigenvalue weighted by Gasteiger charge is 2.15. The molecule has 0 saturated heterocycles. The molecule has 0 aliphatic carbocycles. The van der Waals surface area contributed by atoms with Crippen molar-refractivity contribution in [1.29, 1.82) is 0 Å². The molecule has 116 valence electrons. The van der Waals surface area contributed by atoms with Crippen LogP contribution in [0.15, 0.2) is 24.3 Å². The zero-order chi connectivity index (χ0) is 15.8. The third-order valence-corrected chi connectivity index (χ3v) is 3.58. The first-order valence-corrected chi connectivity index (χ1v) is 7.19. The van der Waals surface area contributed by atoms with E-state index in [0.717, 1.165) is 18.5 Å². The van der Waals surface area contributed by atoms with Crippen LogP contribution in [0.4, 0.5) is 5.69 Å². The summed E-state index contributed by atoms with van der Waals surface area (Å²) >= 11 is 0. The van der Waals surface area contributed by atoms with Crippen molar-refractivity contribution in [2.45, 2.75) is 33.1 Å². The van der Waals surface area contributed by atoms with E-state index in [2.05, 4.69) is 13.8 Å². The Morgan fingerprint density at radius 2 is 1.76 bits per heavy atom. The van der Waals surface area contributed by atoms with E-state index in [-0.39, 0.29) is 12.5 Å². The number of aliphatic carboxylic acids is 1. The molecular weight excluding hydrogens is 270 g/mol. The maximum atomic E-state index is 12.2. The standard InChI is InChI=1S/C16H23NO4/c1-4-12(5-2)10-15(18)17(3)13-6-8-14(9-7-13)21-11-16(19)20/h6-9,12H,4-5,10-11H2,1-3H3,(H,19,20). The first-order valence-electron chi connectivity index (χ1n) is 7.19. The van der Waals surface area contributed by atoms with Gasteiger partial charge < -0.3 is 14.7 Å². The summed E-state index contributed by atoms with van der Waals surface area (Å²) in [6.07, 6.45) is 2.54. The lowest BCUT2D eigenvalue weighted by molar-refractivity contribution is -0.139. The number of carbonyl (C=O) groups excluding carboxylic acids is 1. The largest absolute Gasteiger partial charge is 0.482 e. The molecule has 1 aromatic carbocycles. The molecule has 0 aliphatic rings. The van der Waals surface area contributed by atoms with E-state index in [0.29, 0.717) is 18.1 Å². The Hall–Kier alpha value is -2.04. The van der Waals surface area contributed by atoms with Crippen LogP contribution in [0, 0.1) is 5.92 Å². The molecule has 1 aromatic rings. The van der Waals surface area contributed by atoms with Crippen LogP contribution in [-0.4, -0.2) is 30.6 Å². The maximum absolute atomic E-state index is 12.2. The fraction of sp³-hybridized carbons (Fsp3) is 0.500. The molecule has 0 spiro atoms. The molecule has 5 heteroatoms. The number of anilines is 1. The lowest BCUT2D eigenvalue weighted by Crippen LogP contribution is -2.27. The van der Waals surface area contributed by atoms with Gasteiger partial charge in [-0.2, -0.15) is 0 Å². The van der Waals surface area contributed by atoms with Crippen molar-refractivity contribution in [2.24, 2.45) is 5.92 Å². The molecule has 0 aromatic heterocycles. The van der Waals surface area contributed by atoms with Crippen LogP contribution in [-0.2, 0) is 9.59 Å². The number of nitrogens with zero attached hydrogens (tertiary/aromatic N) is 1.